The van der Waals surface area contributed by atoms with Crippen molar-refractivity contribution >= 4 is 11.8 Å². The van der Waals surface area contributed by atoms with Gasteiger partial charge in [-0.2, -0.15) is 11.8 Å². The van der Waals surface area contributed by atoms with Gasteiger partial charge >= 0.3 is 0 Å². The molecule has 0 radical (unpaired) electrons. The van der Waals surface area contributed by atoms with Crippen LogP contribution in [0, 0.1) is 5.92 Å². The van der Waals surface area contributed by atoms with Gasteiger partial charge in [-0.1, -0.05) is 0 Å². The second-order valence-corrected chi connectivity index (χ2v) is 5.92. The molecule has 0 aliphatic carbocycles. The summed E-state index contributed by atoms with van der Waals surface area (Å²) in [5, 5.41) is 0. The van der Waals surface area contributed by atoms with Crippen LogP contribution in [-0.2, 0) is 0 Å². The van der Waals surface area contributed by atoms with Crippen molar-refractivity contribution in [1.82, 2.24) is 4.90 Å². The molecule has 2 fully saturated rings. The monoisotopic (exact) mass is 214 g/mol. The van der Waals surface area contributed by atoms with Gasteiger partial charge in [0.1, 0.15) is 0 Å². The van der Waals surface area contributed by atoms with Gasteiger partial charge in [-0.25, -0.2) is 0 Å². The van der Waals surface area contributed by atoms with E-state index in [9.17, 15) is 0 Å². The fourth-order valence-corrected chi connectivity index (χ4v) is 3.77. The normalized spacial score (nSPS) is 37.3. The van der Waals surface area contributed by atoms with Crippen LogP contribution in [0.1, 0.15) is 26.2 Å². The van der Waals surface area contributed by atoms with Gasteiger partial charge in [-0.05, 0) is 44.4 Å². The maximum absolute atomic E-state index is 5.96. The van der Waals surface area contributed by atoms with Crippen LogP contribution in [0.2, 0.25) is 0 Å². The van der Waals surface area contributed by atoms with Gasteiger partial charge in [0.05, 0.1) is 0 Å². The lowest BCUT2D eigenvalue weighted by Crippen LogP contribution is -2.38. The third kappa shape index (κ3) is 2.44. The summed E-state index contributed by atoms with van der Waals surface area (Å²) in [6.45, 7) is 4.70. The molecule has 2 heterocycles. The van der Waals surface area contributed by atoms with Crippen molar-refractivity contribution in [3.63, 3.8) is 0 Å². The van der Waals surface area contributed by atoms with Gasteiger partial charge in [0, 0.05) is 24.4 Å². The smallest absolute Gasteiger partial charge is 0.0186 e. The Morgan fingerprint density at radius 2 is 2.29 bits per heavy atom. The lowest BCUT2D eigenvalue weighted by molar-refractivity contribution is 0.234. The van der Waals surface area contributed by atoms with Gasteiger partial charge in [-0.15, -0.1) is 0 Å². The number of hydrogen-bond donors (Lipinski definition) is 1. The number of thioether (sulfide) groups is 1. The molecule has 2 saturated heterocycles. The van der Waals surface area contributed by atoms with E-state index in [1.807, 2.05) is 0 Å². The Balaban J connectivity index is 1.82. The molecule has 0 amide bonds. The van der Waals surface area contributed by atoms with Gasteiger partial charge in [0.25, 0.3) is 0 Å². The highest BCUT2D eigenvalue weighted by atomic mass is 32.2. The van der Waals surface area contributed by atoms with Crippen LogP contribution in [0.3, 0.4) is 0 Å². The Labute approximate surface area is 91.6 Å². The zero-order valence-corrected chi connectivity index (χ0v) is 9.93. The van der Waals surface area contributed by atoms with Crippen molar-refractivity contribution in [1.29, 1.82) is 0 Å². The van der Waals surface area contributed by atoms with Gasteiger partial charge in [-0.3, -0.25) is 4.90 Å². The second-order valence-electron chi connectivity index (χ2n) is 4.77. The first-order chi connectivity index (χ1) is 6.77. The van der Waals surface area contributed by atoms with E-state index in [0.29, 0.717) is 6.04 Å². The first kappa shape index (κ1) is 10.8. The second kappa shape index (κ2) is 4.86. The third-order valence-corrected chi connectivity index (χ3v) is 4.85. The Morgan fingerprint density at radius 3 is 2.86 bits per heavy atom. The van der Waals surface area contributed by atoms with Crippen molar-refractivity contribution < 1.29 is 0 Å². The fraction of sp³-hybridized carbons (Fsp3) is 1.00. The van der Waals surface area contributed by atoms with Crippen molar-refractivity contribution in [3.05, 3.63) is 0 Å². The molecule has 2 aliphatic rings. The van der Waals surface area contributed by atoms with Crippen molar-refractivity contribution in [3.8, 4) is 0 Å². The minimum Gasteiger partial charge on any atom is -0.328 e. The van der Waals surface area contributed by atoms with E-state index in [2.05, 4.69) is 23.6 Å². The van der Waals surface area contributed by atoms with E-state index in [1.54, 1.807) is 0 Å². The van der Waals surface area contributed by atoms with Crippen LogP contribution < -0.4 is 5.73 Å². The Kier molecular flexibility index (Phi) is 3.74. The van der Waals surface area contributed by atoms with Crippen molar-refractivity contribution in [2.24, 2.45) is 11.7 Å². The molecule has 3 heteroatoms. The van der Waals surface area contributed by atoms with Crippen molar-refractivity contribution in [2.45, 2.75) is 38.3 Å². The average Bonchev–Trinajstić information content (AvgIpc) is 2.68. The van der Waals surface area contributed by atoms with Gasteiger partial charge in [0.15, 0.2) is 0 Å². The molecule has 0 aromatic heterocycles. The van der Waals surface area contributed by atoms with Crippen LogP contribution in [-0.4, -0.2) is 41.6 Å². The number of likely N-dealkylation sites (tertiary alicyclic amines) is 1. The van der Waals surface area contributed by atoms with Gasteiger partial charge < -0.3 is 5.73 Å². The molecule has 0 saturated carbocycles. The molecule has 3 unspecified atom stereocenters. The van der Waals surface area contributed by atoms with Crippen molar-refractivity contribution in [2.75, 3.05) is 24.6 Å². The summed E-state index contributed by atoms with van der Waals surface area (Å²) in [7, 11) is 0. The standard InChI is InChI=1S/C11H22N2S/c1-9(12)10-4-5-13(7-10)11-3-2-6-14-8-11/h9-11H,2-8,12H2,1H3. The van der Waals surface area contributed by atoms with Gasteiger partial charge in [0.2, 0.25) is 0 Å². The third-order valence-electron chi connectivity index (χ3n) is 3.65. The molecule has 2 nitrogen and oxygen atoms in total. The lowest BCUT2D eigenvalue weighted by Gasteiger charge is -2.31. The topological polar surface area (TPSA) is 29.3 Å². The Hall–Kier alpha value is 0.270. The van der Waals surface area contributed by atoms with E-state index >= 15 is 0 Å². The summed E-state index contributed by atoms with van der Waals surface area (Å²) in [4.78, 5) is 2.68. The predicted molar refractivity (Wildman–Crippen MR) is 63.7 cm³/mol. The molecule has 0 aromatic rings. The van der Waals surface area contributed by atoms with Crippen LogP contribution in [0.5, 0.6) is 0 Å². The quantitative estimate of drug-likeness (QED) is 0.756. The fourth-order valence-electron chi connectivity index (χ4n) is 2.59. The van der Waals surface area contributed by atoms with E-state index in [0.717, 1.165) is 12.0 Å². The summed E-state index contributed by atoms with van der Waals surface area (Å²) >= 11 is 2.13. The molecule has 2 N–H and O–H groups in total. The van der Waals surface area contributed by atoms with E-state index in [1.165, 1.54) is 43.9 Å². The summed E-state index contributed by atoms with van der Waals surface area (Å²) in [6.07, 6.45) is 4.15. The average molecular weight is 214 g/mol. The maximum Gasteiger partial charge on any atom is 0.0186 e. The summed E-state index contributed by atoms with van der Waals surface area (Å²) in [6, 6.07) is 1.24. The summed E-state index contributed by atoms with van der Waals surface area (Å²) in [5.41, 5.74) is 5.96. The summed E-state index contributed by atoms with van der Waals surface area (Å²) in [5.74, 6) is 3.48. The molecular formula is C11H22N2S. The lowest BCUT2D eigenvalue weighted by atomic mass is 10.0. The molecule has 2 aliphatic heterocycles. The first-order valence-electron chi connectivity index (χ1n) is 5.85. The van der Waals surface area contributed by atoms with Crippen LogP contribution in [0.4, 0.5) is 0 Å². The molecule has 0 bridgehead atoms. The minimum atomic E-state index is 0.385. The molecule has 0 aromatic carbocycles. The van der Waals surface area contributed by atoms with Crippen LogP contribution in [0.25, 0.3) is 0 Å². The molecule has 0 spiro atoms. The molecular weight excluding hydrogens is 192 g/mol. The van der Waals surface area contributed by atoms with E-state index < -0.39 is 0 Å². The highest BCUT2D eigenvalue weighted by Gasteiger charge is 2.30. The summed E-state index contributed by atoms with van der Waals surface area (Å²) < 4.78 is 0. The number of nitrogens with zero attached hydrogens (tertiary/aromatic N) is 1. The number of rotatable bonds is 2. The molecule has 3 atom stereocenters. The molecule has 14 heavy (non-hydrogen) atoms. The Morgan fingerprint density at radius 1 is 1.43 bits per heavy atom. The van der Waals surface area contributed by atoms with Crippen LogP contribution in [0.15, 0.2) is 0 Å². The molecule has 82 valence electrons. The highest BCUT2D eigenvalue weighted by Crippen LogP contribution is 2.27. The SMILES string of the molecule is CC(N)C1CCN(C2CCCSC2)C1. The highest BCUT2D eigenvalue weighted by molar-refractivity contribution is 7.99. The largest absolute Gasteiger partial charge is 0.328 e. The predicted octanol–water partition coefficient (Wildman–Crippen LogP) is 1.55. The van der Waals surface area contributed by atoms with Crippen LogP contribution >= 0.6 is 11.8 Å². The van der Waals surface area contributed by atoms with E-state index in [4.69, 9.17) is 5.73 Å². The zero-order chi connectivity index (χ0) is 9.97. The Bertz CT molecular complexity index is 178. The first-order valence-corrected chi connectivity index (χ1v) is 7.00. The maximum atomic E-state index is 5.96. The molecule has 2 rings (SSSR count). The minimum absolute atomic E-state index is 0.385. The number of nitrogens with two attached hydrogens (primary N) is 1. The number of hydrogen-bond acceptors (Lipinski definition) is 3. The zero-order valence-electron chi connectivity index (χ0n) is 9.11. The van der Waals surface area contributed by atoms with E-state index in [-0.39, 0.29) is 0 Å².